The Morgan fingerprint density at radius 3 is 2.80 bits per heavy atom. The van der Waals surface area contributed by atoms with Gasteiger partial charge in [0.2, 0.25) is 0 Å². The van der Waals surface area contributed by atoms with E-state index in [0.29, 0.717) is 15.2 Å². The average molecular weight is 513 g/mol. The van der Waals surface area contributed by atoms with Crippen LogP contribution in [0.25, 0.3) is 22.4 Å². The second-order valence-corrected chi connectivity index (χ2v) is 11.2. The molecule has 0 radical (unpaired) electrons. The molecule has 1 aliphatic carbocycles. The summed E-state index contributed by atoms with van der Waals surface area (Å²) >= 11 is 7.11. The summed E-state index contributed by atoms with van der Waals surface area (Å²) in [5.74, 6) is 0.478. The Kier molecular flexibility index (Phi) is 6.55. The first-order valence-electron chi connectivity index (χ1n) is 11.7. The van der Waals surface area contributed by atoms with E-state index in [9.17, 15) is 9.18 Å². The van der Waals surface area contributed by atoms with Gasteiger partial charge in [-0.25, -0.2) is 14.4 Å². The predicted molar refractivity (Wildman–Crippen MR) is 136 cm³/mol. The van der Waals surface area contributed by atoms with Gasteiger partial charge in [0.15, 0.2) is 5.01 Å². The Morgan fingerprint density at radius 2 is 2.09 bits per heavy atom. The van der Waals surface area contributed by atoms with Crippen LogP contribution < -0.4 is 5.32 Å². The van der Waals surface area contributed by atoms with Crippen molar-refractivity contribution in [2.24, 2.45) is 0 Å². The van der Waals surface area contributed by atoms with Gasteiger partial charge in [0.25, 0.3) is 5.91 Å². The summed E-state index contributed by atoms with van der Waals surface area (Å²) in [4.78, 5) is 30.5. The van der Waals surface area contributed by atoms with Gasteiger partial charge in [0.05, 0.1) is 29.3 Å². The molecular weight excluding hydrogens is 487 g/mol. The van der Waals surface area contributed by atoms with Crippen LogP contribution in [0.1, 0.15) is 61.2 Å². The number of aromatic nitrogens is 5. The average Bonchev–Trinajstić information content (AvgIpc) is 3.41. The van der Waals surface area contributed by atoms with Crippen LogP contribution in [-0.4, -0.2) is 42.1 Å². The van der Waals surface area contributed by atoms with E-state index in [1.807, 2.05) is 24.3 Å². The zero-order valence-electron chi connectivity index (χ0n) is 19.5. The van der Waals surface area contributed by atoms with Crippen molar-refractivity contribution in [2.45, 2.75) is 63.7 Å². The molecule has 2 atom stereocenters. The number of hydrogen-bond donors (Lipinski definition) is 1. The van der Waals surface area contributed by atoms with Gasteiger partial charge in [-0.3, -0.25) is 14.8 Å². The third-order valence-electron chi connectivity index (χ3n) is 6.17. The highest BCUT2D eigenvalue weighted by Gasteiger charge is 2.30. The van der Waals surface area contributed by atoms with E-state index >= 15 is 0 Å². The second kappa shape index (κ2) is 9.62. The van der Waals surface area contributed by atoms with E-state index in [2.05, 4.69) is 24.8 Å². The summed E-state index contributed by atoms with van der Waals surface area (Å²) in [5, 5.41) is 3.47. The zero-order valence-corrected chi connectivity index (χ0v) is 21.1. The van der Waals surface area contributed by atoms with Crippen molar-refractivity contribution in [3.05, 3.63) is 58.0 Å². The van der Waals surface area contributed by atoms with Crippen LogP contribution in [0.3, 0.4) is 0 Å². The van der Waals surface area contributed by atoms with E-state index in [-0.39, 0.29) is 24.4 Å². The molecule has 1 N–H and O–H groups in total. The number of hydrogen-bond acceptors (Lipinski definition) is 6. The number of imidazole rings is 1. The van der Waals surface area contributed by atoms with Gasteiger partial charge in [-0.2, -0.15) is 0 Å². The number of fused-ring (bicyclic) bond motifs is 1. The monoisotopic (exact) mass is 512 g/mol. The molecule has 182 valence electrons. The highest BCUT2D eigenvalue weighted by atomic mass is 35.5. The Hall–Kier alpha value is -2.91. The van der Waals surface area contributed by atoms with Gasteiger partial charge in [-0.15, -0.1) is 0 Å². The van der Waals surface area contributed by atoms with Crippen molar-refractivity contribution in [3.8, 4) is 11.4 Å². The Balaban J connectivity index is 1.48. The van der Waals surface area contributed by atoms with Crippen LogP contribution in [0.2, 0.25) is 4.34 Å². The molecule has 0 bridgehead atoms. The highest BCUT2D eigenvalue weighted by molar-refractivity contribution is 7.17. The molecule has 35 heavy (non-hydrogen) atoms. The molecule has 4 heterocycles. The maximum Gasteiger partial charge on any atom is 0.280 e. The lowest BCUT2D eigenvalue weighted by molar-refractivity contribution is 0.0920. The van der Waals surface area contributed by atoms with Gasteiger partial charge in [0.1, 0.15) is 21.3 Å². The minimum Gasteiger partial charge on any atom is -0.347 e. The van der Waals surface area contributed by atoms with Crippen molar-refractivity contribution in [3.63, 3.8) is 0 Å². The number of nitrogens with zero attached hydrogens (tertiary/aromatic N) is 5. The molecule has 4 aromatic rings. The van der Waals surface area contributed by atoms with Crippen LogP contribution in [-0.2, 0) is 6.42 Å². The first-order valence-corrected chi connectivity index (χ1v) is 12.9. The Morgan fingerprint density at radius 1 is 1.23 bits per heavy atom. The number of alkyl halides is 1. The summed E-state index contributed by atoms with van der Waals surface area (Å²) in [6.07, 6.45) is 8.59. The van der Waals surface area contributed by atoms with Gasteiger partial charge in [-0.05, 0) is 57.7 Å². The lowest BCUT2D eigenvalue weighted by Crippen LogP contribution is -2.39. The Bertz CT molecular complexity index is 1350. The van der Waals surface area contributed by atoms with Crippen molar-refractivity contribution in [1.82, 2.24) is 29.8 Å². The molecule has 5 rings (SSSR count). The van der Waals surface area contributed by atoms with Gasteiger partial charge in [0, 0.05) is 24.7 Å². The third kappa shape index (κ3) is 5.36. The number of rotatable bonds is 6. The molecule has 4 aromatic heterocycles. The third-order valence-corrected chi connectivity index (χ3v) is 7.29. The van der Waals surface area contributed by atoms with Crippen LogP contribution >= 0.6 is 22.9 Å². The smallest absolute Gasteiger partial charge is 0.280 e. The molecule has 0 saturated heterocycles. The lowest BCUT2D eigenvalue weighted by atomic mass is 9.90. The van der Waals surface area contributed by atoms with Crippen LogP contribution in [0, 0.1) is 0 Å². The number of carbonyl (C=O) groups is 1. The number of carbonyl (C=O) groups excluding carboxylic acids is 1. The largest absolute Gasteiger partial charge is 0.347 e. The van der Waals surface area contributed by atoms with Crippen molar-refractivity contribution in [1.29, 1.82) is 0 Å². The molecule has 1 amide bonds. The lowest BCUT2D eigenvalue weighted by Gasteiger charge is -2.32. The molecule has 1 aliphatic rings. The summed E-state index contributed by atoms with van der Waals surface area (Å²) < 4.78 is 17.4. The maximum absolute atomic E-state index is 14.8. The standard InChI is InChI=1S/C25H26ClFN6OS/c1-25(2,27)12-22-32-19-13-29-18(17-8-3-4-9-28-17)11-20(19)33(22)16-7-5-6-15(10-16)31-23(34)24-30-14-21(26)35-24/h3-4,8-9,11,13-16H,5-7,10,12H2,1-2H3,(H,31,34)/t15-,16+/m0/s1. The second-order valence-electron chi connectivity index (χ2n) is 9.53. The molecule has 7 nitrogen and oxygen atoms in total. The molecule has 0 unspecified atom stereocenters. The predicted octanol–water partition coefficient (Wildman–Crippen LogP) is 5.81. The fraction of sp³-hybridized carbons (Fsp3) is 0.400. The molecule has 10 heteroatoms. The van der Waals surface area contributed by atoms with E-state index in [0.717, 1.165) is 48.1 Å². The summed E-state index contributed by atoms with van der Waals surface area (Å²) in [6, 6.07) is 7.73. The SMILES string of the molecule is CC(C)(F)Cc1nc2cnc(-c3ccccn3)cc2n1[C@@H]1CCC[C@H](NC(=O)c2ncc(Cl)s2)C1. The van der Waals surface area contributed by atoms with E-state index in [4.69, 9.17) is 16.6 Å². The number of halogens is 2. The molecule has 0 aliphatic heterocycles. The minimum absolute atomic E-state index is 0.0234. The summed E-state index contributed by atoms with van der Waals surface area (Å²) in [7, 11) is 0. The number of amides is 1. The zero-order chi connectivity index (χ0) is 24.6. The highest BCUT2D eigenvalue weighted by Crippen LogP contribution is 2.35. The Labute approximate surface area is 211 Å². The van der Waals surface area contributed by atoms with Gasteiger partial charge in [-0.1, -0.05) is 29.0 Å². The molecule has 0 aromatic carbocycles. The number of pyridine rings is 2. The summed E-state index contributed by atoms with van der Waals surface area (Å²) in [5.41, 5.74) is 1.73. The van der Waals surface area contributed by atoms with Crippen LogP contribution in [0.5, 0.6) is 0 Å². The van der Waals surface area contributed by atoms with Crippen molar-refractivity contribution in [2.75, 3.05) is 0 Å². The maximum atomic E-state index is 14.8. The molecular formula is C25H26ClFN6OS. The van der Waals surface area contributed by atoms with E-state index in [1.54, 1.807) is 26.2 Å². The summed E-state index contributed by atoms with van der Waals surface area (Å²) in [6.45, 7) is 3.13. The van der Waals surface area contributed by atoms with E-state index < -0.39 is 5.67 Å². The normalized spacial score (nSPS) is 18.6. The van der Waals surface area contributed by atoms with Crippen molar-refractivity contribution >= 4 is 39.9 Å². The quantitative estimate of drug-likeness (QED) is 0.352. The fourth-order valence-corrected chi connectivity index (χ4v) is 5.56. The first kappa shape index (κ1) is 23.8. The number of nitrogens with one attached hydrogen (secondary N) is 1. The number of thiazole rings is 1. The van der Waals surface area contributed by atoms with Gasteiger partial charge < -0.3 is 9.88 Å². The van der Waals surface area contributed by atoms with Crippen molar-refractivity contribution < 1.29 is 9.18 Å². The fourth-order valence-electron chi connectivity index (χ4n) is 4.75. The first-order chi connectivity index (χ1) is 16.8. The van der Waals surface area contributed by atoms with Gasteiger partial charge >= 0.3 is 0 Å². The molecule has 1 fully saturated rings. The van der Waals surface area contributed by atoms with Crippen LogP contribution in [0.4, 0.5) is 4.39 Å². The minimum atomic E-state index is -1.41. The topological polar surface area (TPSA) is 85.6 Å². The molecule has 0 spiro atoms. The molecule has 1 saturated carbocycles. The van der Waals surface area contributed by atoms with E-state index in [1.165, 1.54) is 17.5 Å². The van der Waals surface area contributed by atoms with Crippen LogP contribution in [0.15, 0.2) is 42.9 Å².